The van der Waals surface area contributed by atoms with Crippen molar-refractivity contribution in [3.63, 3.8) is 0 Å². The van der Waals surface area contributed by atoms with Crippen molar-refractivity contribution in [1.29, 1.82) is 0 Å². The third-order valence-electron chi connectivity index (χ3n) is 7.20. The maximum absolute atomic E-state index is 13.1. The van der Waals surface area contributed by atoms with Gasteiger partial charge < -0.3 is 18.9 Å². The first-order chi connectivity index (χ1) is 18.8. The van der Waals surface area contributed by atoms with Gasteiger partial charge in [0.15, 0.2) is 0 Å². The lowest BCUT2D eigenvalue weighted by atomic mass is 10.1. The van der Waals surface area contributed by atoms with Gasteiger partial charge in [0.1, 0.15) is 5.75 Å². The molecule has 0 bridgehead atoms. The van der Waals surface area contributed by atoms with E-state index in [0.717, 1.165) is 30.8 Å². The van der Waals surface area contributed by atoms with Crippen LogP contribution in [0.2, 0.25) is 0 Å². The van der Waals surface area contributed by atoms with Crippen LogP contribution in [-0.2, 0) is 26.3 Å². The maximum Gasteiger partial charge on any atom is 0.573 e. The summed E-state index contributed by atoms with van der Waals surface area (Å²) in [6.07, 6.45) is -6.89. The highest BCUT2D eigenvalue weighted by Crippen LogP contribution is 2.52. The molecule has 2 atom stereocenters. The average molecular weight is 569 g/mol. The Labute approximate surface area is 225 Å². The minimum Gasteiger partial charge on any atom is -0.406 e. The molecule has 0 radical (unpaired) electrons. The molecule has 1 aliphatic carbocycles. The van der Waals surface area contributed by atoms with Gasteiger partial charge >= 0.3 is 18.6 Å². The summed E-state index contributed by atoms with van der Waals surface area (Å²) in [4.78, 5) is 20.7. The van der Waals surface area contributed by atoms with Crippen molar-refractivity contribution in [3.8, 4) is 11.6 Å². The SMILES string of the molecule is Cn1cnc(OC(=O)N(Cc2cccc(OC(F)(F)F)c2)CC2C3CN(Cc4ccc(C(F)(F)F)cc4)CC32)c1. The van der Waals surface area contributed by atoms with Crippen LogP contribution in [0, 0.1) is 17.8 Å². The second kappa shape index (κ2) is 10.7. The van der Waals surface area contributed by atoms with Crippen LogP contribution in [0.25, 0.3) is 0 Å². The highest BCUT2D eigenvalue weighted by atomic mass is 19.4. The maximum atomic E-state index is 13.1. The standard InChI is InChI=1S/C27H26F6N4O3/c1-35-15-24(34-16-35)39-25(38)37(11-18-3-2-4-20(9-18)40-27(31,32)33)14-23-21-12-36(13-22(21)23)10-17-5-7-19(8-6-17)26(28,29)30/h2-9,15-16,21-23H,10-14H2,1H3. The highest BCUT2D eigenvalue weighted by molar-refractivity contribution is 5.70. The Hall–Kier alpha value is -3.74. The predicted octanol–water partition coefficient (Wildman–Crippen LogP) is 5.72. The zero-order chi connectivity index (χ0) is 28.7. The van der Waals surface area contributed by atoms with Crippen LogP contribution in [-0.4, -0.2) is 51.4 Å². The van der Waals surface area contributed by atoms with Crippen molar-refractivity contribution in [2.24, 2.45) is 24.8 Å². The zero-order valence-corrected chi connectivity index (χ0v) is 21.3. The van der Waals surface area contributed by atoms with Gasteiger partial charge in [0, 0.05) is 39.8 Å². The minimum absolute atomic E-state index is 0.00589. The fourth-order valence-corrected chi connectivity index (χ4v) is 5.31. The average Bonchev–Trinajstić information content (AvgIpc) is 3.15. The summed E-state index contributed by atoms with van der Waals surface area (Å²) in [6.45, 7) is 2.32. The number of aryl methyl sites for hydroxylation is 1. The van der Waals surface area contributed by atoms with Gasteiger partial charge in [0.2, 0.25) is 5.88 Å². The smallest absolute Gasteiger partial charge is 0.406 e. The number of rotatable bonds is 8. The van der Waals surface area contributed by atoms with Crippen molar-refractivity contribution in [1.82, 2.24) is 19.4 Å². The number of hydrogen-bond donors (Lipinski definition) is 0. The highest BCUT2D eigenvalue weighted by Gasteiger charge is 2.56. The Bertz CT molecular complexity index is 1330. The first-order valence-corrected chi connectivity index (χ1v) is 12.5. The van der Waals surface area contributed by atoms with E-state index in [4.69, 9.17) is 4.74 Å². The summed E-state index contributed by atoms with van der Waals surface area (Å²) in [5.41, 5.74) is 0.538. The van der Waals surface area contributed by atoms with Crippen molar-refractivity contribution >= 4 is 6.09 Å². The Balaban J connectivity index is 1.21. The van der Waals surface area contributed by atoms with Gasteiger partial charge in [-0.05, 0) is 53.1 Å². The number of fused-ring (bicyclic) bond motifs is 1. The number of aromatic nitrogens is 2. The molecule has 5 rings (SSSR count). The fourth-order valence-electron chi connectivity index (χ4n) is 5.31. The van der Waals surface area contributed by atoms with Crippen LogP contribution in [0.15, 0.2) is 61.1 Å². The molecule has 1 aromatic heterocycles. The number of benzene rings is 2. The van der Waals surface area contributed by atoms with Crippen LogP contribution >= 0.6 is 0 Å². The van der Waals surface area contributed by atoms with Crippen molar-refractivity contribution in [2.75, 3.05) is 19.6 Å². The molecule has 0 spiro atoms. The van der Waals surface area contributed by atoms with Crippen LogP contribution in [0.4, 0.5) is 31.1 Å². The largest absolute Gasteiger partial charge is 0.573 e. The number of amides is 1. The molecule has 13 heteroatoms. The van der Waals surface area contributed by atoms with Gasteiger partial charge in [-0.25, -0.2) is 9.78 Å². The van der Waals surface area contributed by atoms with Crippen molar-refractivity contribution < 1.29 is 40.6 Å². The zero-order valence-electron chi connectivity index (χ0n) is 21.3. The molecule has 7 nitrogen and oxygen atoms in total. The first kappa shape index (κ1) is 27.8. The fraction of sp³-hybridized carbons (Fsp3) is 0.407. The van der Waals surface area contributed by atoms with E-state index in [2.05, 4.69) is 14.6 Å². The number of carbonyl (C=O) groups is 1. The van der Waals surface area contributed by atoms with Gasteiger partial charge in [-0.3, -0.25) is 4.90 Å². The number of halogens is 6. The van der Waals surface area contributed by atoms with E-state index in [1.165, 1.54) is 47.8 Å². The molecule has 1 aliphatic heterocycles. The molecule has 2 aliphatic rings. The van der Waals surface area contributed by atoms with E-state index < -0.39 is 24.2 Å². The van der Waals surface area contributed by atoms with E-state index in [9.17, 15) is 31.1 Å². The molecular formula is C27H26F6N4O3. The molecule has 1 saturated carbocycles. The predicted molar refractivity (Wildman–Crippen MR) is 130 cm³/mol. The number of nitrogens with zero attached hydrogens (tertiary/aromatic N) is 4. The molecule has 2 fully saturated rings. The third kappa shape index (κ3) is 6.87. The quantitative estimate of drug-likeness (QED) is 0.326. The molecule has 214 valence electrons. The third-order valence-corrected chi connectivity index (χ3v) is 7.20. The Kier molecular flexibility index (Phi) is 7.42. The molecule has 1 amide bonds. The molecular weight excluding hydrogens is 542 g/mol. The van der Waals surface area contributed by atoms with Crippen LogP contribution in [0.5, 0.6) is 11.6 Å². The van der Waals surface area contributed by atoms with E-state index in [0.29, 0.717) is 30.5 Å². The first-order valence-electron chi connectivity index (χ1n) is 12.5. The second-order valence-electron chi connectivity index (χ2n) is 10.2. The summed E-state index contributed by atoms with van der Waals surface area (Å²) < 4.78 is 87.6. The summed E-state index contributed by atoms with van der Waals surface area (Å²) in [5, 5.41) is 0. The van der Waals surface area contributed by atoms with Gasteiger partial charge in [-0.15, -0.1) is 13.2 Å². The second-order valence-corrected chi connectivity index (χ2v) is 10.2. The van der Waals surface area contributed by atoms with Gasteiger partial charge in [-0.2, -0.15) is 13.2 Å². The molecule has 2 heterocycles. The molecule has 0 N–H and O–H groups in total. The molecule has 1 saturated heterocycles. The lowest BCUT2D eigenvalue weighted by Gasteiger charge is -2.25. The molecule has 2 aromatic carbocycles. The van der Waals surface area contributed by atoms with Crippen LogP contribution in [0.3, 0.4) is 0 Å². The summed E-state index contributed by atoms with van der Waals surface area (Å²) in [5.74, 6) is 0.462. The number of alkyl halides is 6. The number of carbonyl (C=O) groups excluding carboxylic acids is 1. The molecule has 40 heavy (non-hydrogen) atoms. The van der Waals surface area contributed by atoms with Crippen LogP contribution < -0.4 is 9.47 Å². The van der Waals surface area contributed by atoms with Crippen molar-refractivity contribution in [3.05, 3.63) is 77.7 Å². The molecule has 2 unspecified atom stereocenters. The minimum atomic E-state index is -4.84. The van der Waals surface area contributed by atoms with E-state index in [1.807, 2.05) is 0 Å². The Morgan fingerprint density at radius 2 is 1.73 bits per heavy atom. The summed E-state index contributed by atoms with van der Waals surface area (Å²) in [6, 6.07) is 10.6. The van der Waals surface area contributed by atoms with E-state index in [-0.39, 0.29) is 24.1 Å². The van der Waals surface area contributed by atoms with E-state index >= 15 is 0 Å². The van der Waals surface area contributed by atoms with E-state index in [1.54, 1.807) is 17.7 Å². The number of imidazole rings is 1. The topological polar surface area (TPSA) is 59.8 Å². The lowest BCUT2D eigenvalue weighted by Crippen LogP contribution is -2.36. The summed E-state index contributed by atoms with van der Waals surface area (Å²) >= 11 is 0. The number of piperidine rings is 1. The summed E-state index contributed by atoms with van der Waals surface area (Å²) in [7, 11) is 1.72. The number of ether oxygens (including phenoxy) is 2. The van der Waals surface area contributed by atoms with Gasteiger partial charge in [-0.1, -0.05) is 24.3 Å². The number of likely N-dealkylation sites (tertiary alicyclic amines) is 1. The normalized spacial score (nSPS) is 20.7. The number of hydrogen-bond acceptors (Lipinski definition) is 5. The molecule has 3 aromatic rings. The van der Waals surface area contributed by atoms with Crippen molar-refractivity contribution in [2.45, 2.75) is 25.6 Å². The monoisotopic (exact) mass is 568 g/mol. The Morgan fingerprint density at radius 3 is 2.33 bits per heavy atom. The lowest BCUT2D eigenvalue weighted by molar-refractivity contribution is -0.274. The van der Waals surface area contributed by atoms with Gasteiger partial charge in [0.05, 0.1) is 18.1 Å². The van der Waals surface area contributed by atoms with Crippen LogP contribution in [0.1, 0.15) is 16.7 Å². The Morgan fingerprint density at radius 1 is 1.02 bits per heavy atom. The van der Waals surface area contributed by atoms with Gasteiger partial charge in [0.25, 0.3) is 0 Å².